The van der Waals surface area contributed by atoms with Crippen LogP contribution >= 0.6 is 0 Å². The van der Waals surface area contributed by atoms with Crippen LogP contribution in [0.1, 0.15) is 82.1 Å². The number of nitrogens with zero attached hydrogens (tertiary/aromatic N) is 1. The Morgan fingerprint density at radius 2 is 1.21 bits per heavy atom. The summed E-state index contributed by atoms with van der Waals surface area (Å²) in [6.07, 6.45) is 0.722. The van der Waals surface area contributed by atoms with Gasteiger partial charge >= 0.3 is 0 Å². The summed E-state index contributed by atoms with van der Waals surface area (Å²) in [5, 5.41) is 8.13. The maximum absolute atomic E-state index is 14.4. The molecule has 7 aromatic rings. The molecule has 0 N–H and O–H groups in total. The van der Waals surface area contributed by atoms with Gasteiger partial charge in [0.05, 0.1) is 5.69 Å². The lowest BCUT2D eigenvalue weighted by atomic mass is 9.83. The number of para-hydroxylation sites is 1. The van der Waals surface area contributed by atoms with Crippen molar-refractivity contribution in [3.63, 3.8) is 0 Å². The number of amides is 2. The first-order chi connectivity index (χ1) is 22.9. The summed E-state index contributed by atoms with van der Waals surface area (Å²) in [5.41, 5.74) is 6.66. The summed E-state index contributed by atoms with van der Waals surface area (Å²) in [7, 11) is 0. The molecular formula is C44H31NO2. The van der Waals surface area contributed by atoms with Crippen molar-refractivity contribution in [2.75, 3.05) is 4.90 Å². The number of hydrogen-bond donors (Lipinski definition) is 0. The standard InChI is InChI=1S/C44H31NO2/c1-5-10-27-11-7-12-28(25-27)17-18-30-19-20-34-36-22-24-38-41-37(23-21-35(40(36)41)33-16-9-15-32(30)39(33)34)43(46)45(44(38)47)42-29(6-2)13-8-14-31(42)26(3)4/h7-9,11-16,19-26H,6H2,1-4H3. The summed E-state index contributed by atoms with van der Waals surface area (Å²) in [6.45, 7) is 8.10. The van der Waals surface area contributed by atoms with E-state index in [9.17, 15) is 9.59 Å². The largest absolute Gasteiger partial charge is 0.268 e. The van der Waals surface area contributed by atoms with E-state index in [0.717, 1.165) is 83.0 Å². The summed E-state index contributed by atoms with van der Waals surface area (Å²) in [4.78, 5) is 30.2. The zero-order valence-electron chi connectivity index (χ0n) is 26.8. The van der Waals surface area contributed by atoms with Gasteiger partial charge in [-0.15, -0.1) is 5.92 Å². The molecule has 8 rings (SSSR count). The van der Waals surface area contributed by atoms with E-state index in [1.165, 1.54) is 4.90 Å². The number of rotatable bonds is 3. The lowest BCUT2D eigenvalue weighted by Gasteiger charge is -2.32. The third-order valence-electron chi connectivity index (χ3n) is 9.50. The Labute approximate surface area is 274 Å². The van der Waals surface area contributed by atoms with Gasteiger partial charge in [-0.1, -0.05) is 99.2 Å². The Balaban J connectivity index is 1.35. The number of carbonyl (C=O) groups is 2. The number of imide groups is 1. The van der Waals surface area contributed by atoms with Crippen LogP contribution in [0.2, 0.25) is 0 Å². The van der Waals surface area contributed by atoms with Crippen molar-refractivity contribution < 1.29 is 9.59 Å². The molecule has 47 heavy (non-hydrogen) atoms. The summed E-state index contributed by atoms with van der Waals surface area (Å²) < 4.78 is 0. The highest BCUT2D eigenvalue weighted by atomic mass is 16.2. The first-order valence-corrected chi connectivity index (χ1v) is 16.1. The number of anilines is 1. The first kappa shape index (κ1) is 28.6. The van der Waals surface area contributed by atoms with Gasteiger partial charge in [0.1, 0.15) is 0 Å². The Morgan fingerprint density at radius 1 is 0.617 bits per heavy atom. The second-order valence-electron chi connectivity index (χ2n) is 12.5. The molecule has 0 fully saturated rings. The zero-order valence-corrected chi connectivity index (χ0v) is 26.8. The fraction of sp³-hybridized carbons (Fsp3) is 0.136. The van der Waals surface area contributed by atoms with E-state index in [2.05, 4.69) is 86.9 Å². The average Bonchev–Trinajstić information content (AvgIpc) is 3.09. The van der Waals surface area contributed by atoms with Crippen LogP contribution in [0.3, 0.4) is 0 Å². The van der Waals surface area contributed by atoms with Crippen molar-refractivity contribution in [3.8, 4) is 23.7 Å². The molecule has 0 bridgehead atoms. The van der Waals surface area contributed by atoms with Gasteiger partial charge in [0, 0.05) is 33.2 Å². The molecule has 1 aliphatic heterocycles. The number of fused-ring (bicyclic) bond motifs is 2. The van der Waals surface area contributed by atoms with Gasteiger partial charge in [-0.25, -0.2) is 4.90 Å². The molecule has 0 spiro atoms. The van der Waals surface area contributed by atoms with Crippen molar-refractivity contribution in [1.82, 2.24) is 0 Å². The Hall–Kier alpha value is -5.90. The van der Waals surface area contributed by atoms with Crippen molar-refractivity contribution >= 4 is 60.6 Å². The number of hydrogen-bond acceptors (Lipinski definition) is 2. The second-order valence-corrected chi connectivity index (χ2v) is 12.5. The molecule has 2 amide bonds. The van der Waals surface area contributed by atoms with E-state index in [1.54, 1.807) is 0 Å². The monoisotopic (exact) mass is 605 g/mol. The topological polar surface area (TPSA) is 37.4 Å². The van der Waals surface area contributed by atoms with E-state index in [1.807, 2.05) is 61.5 Å². The number of aryl methyl sites for hydroxylation is 1. The number of carbonyl (C=O) groups excluding carboxylic acids is 2. The van der Waals surface area contributed by atoms with Gasteiger partial charge < -0.3 is 0 Å². The quantitative estimate of drug-likeness (QED) is 0.0870. The molecule has 0 saturated heterocycles. The SMILES string of the molecule is CC#Cc1cccc(C#Cc2ccc3c4ccc5c6c(ccc(c7cccc2c73)c64)C(=O)N(c2c(CC)cccc2C(C)C)C5=O)c1. The molecule has 0 saturated carbocycles. The fourth-order valence-electron chi connectivity index (χ4n) is 7.40. The lowest BCUT2D eigenvalue weighted by Crippen LogP contribution is -2.41. The molecule has 3 nitrogen and oxygen atoms in total. The molecule has 224 valence electrons. The van der Waals surface area contributed by atoms with Crippen LogP contribution < -0.4 is 4.90 Å². The van der Waals surface area contributed by atoms with E-state index in [0.29, 0.717) is 11.1 Å². The summed E-state index contributed by atoms with van der Waals surface area (Å²) in [5.74, 6) is 12.4. The van der Waals surface area contributed by atoms with Crippen LogP contribution in [0.15, 0.2) is 97.1 Å². The first-order valence-electron chi connectivity index (χ1n) is 16.1. The number of benzene rings is 7. The van der Waals surface area contributed by atoms with Gasteiger partial charge in [-0.3, -0.25) is 9.59 Å². The van der Waals surface area contributed by atoms with Crippen molar-refractivity contribution in [2.45, 2.75) is 40.0 Å². The molecule has 0 unspecified atom stereocenters. The van der Waals surface area contributed by atoms with Gasteiger partial charge in [0.15, 0.2) is 0 Å². The van der Waals surface area contributed by atoms with Crippen molar-refractivity contribution in [3.05, 3.63) is 136 Å². The molecular weight excluding hydrogens is 574 g/mol. The molecule has 0 radical (unpaired) electrons. The minimum Gasteiger partial charge on any atom is -0.268 e. The van der Waals surface area contributed by atoms with Gasteiger partial charge in [-0.2, -0.15) is 0 Å². The molecule has 0 aliphatic carbocycles. The van der Waals surface area contributed by atoms with Crippen LogP contribution in [0.25, 0.3) is 43.1 Å². The highest BCUT2D eigenvalue weighted by molar-refractivity contribution is 6.42. The van der Waals surface area contributed by atoms with Crippen LogP contribution in [0.5, 0.6) is 0 Å². The highest BCUT2D eigenvalue weighted by Gasteiger charge is 2.37. The lowest BCUT2D eigenvalue weighted by molar-refractivity contribution is 0.0893. The maximum Gasteiger partial charge on any atom is 0.266 e. The molecule has 0 aromatic heterocycles. The predicted octanol–water partition coefficient (Wildman–Crippen LogP) is 9.99. The van der Waals surface area contributed by atoms with Crippen molar-refractivity contribution in [2.24, 2.45) is 0 Å². The zero-order chi connectivity index (χ0) is 32.4. The van der Waals surface area contributed by atoms with Crippen molar-refractivity contribution in [1.29, 1.82) is 0 Å². The maximum atomic E-state index is 14.4. The second kappa shape index (κ2) is 10.9. The summed E-state index contributed by atoms with van der Waals surface area (Å²) >= 11 is 0. The van der Waals surface area contributed by atoms with E-state index < -0.39 is 0 Å². The molecule has 7 aromatic carbocycles. The minimum absolute atomic E-state index is 0.154. The highest BCUT2D eigenvalue weighted by Crippen LogP contribution is 2.45. The smallest absolute Gasteiger partial charge is 0.266 e. The Morgan fingerprint density at radius 3 is 1.89 bits per heavy atom. The summed E-state index contributed by atoms with van der Waals surface area (Å²) in [6, 6.07) is 32.5. The fourth-order valence-corrected chi connectivity index (χ4v) is 7.40. The minimum atomic E-state index is -0.266. The average molecular weight is 606 g/mol. The third-order valence-corrected chi connectivity index (χ3v) is 9.50. The third kappa shape index (κ3) is 4.25. The Kier molecular flexibility index (Phi) is 6.61. The molecule has 1 aliphatic rings. The van der Waals surface area contributed by atoms with E-state index in [4.69, 9.17) is 0 Å². The van der Waals surface area contributed by atoms with Crippen LogP contribution in [0, 0.1) is 23.7 Å². The van der Waals surface area contributed by atoms with Crippen LogP contribution in [-0.4, -0.2) is 11.8 Å². The van der Waals surface area contributed by atoms with E-state index >= 15 is 0 Å². The molecule has 0 atom stereocenters. The normalized spacial score (nSPS) is 12.7. The Bertz CT molecular complexity index is 2530. The van der Waals surface area contributed by atoms with Crippen LogP contribution in [0.4, 0.5) is 5.69 Å². The van der Waals surface area contributed by atoms with Gasteiger partial charge in [-0.05, 0) is 104 Å². The molecule has 3 heteroatoms. The predicted molar refractivity (Wildman–Crippen MR) is 194 cm³/mol. The molecule has 1 heterocycles. The van der Waals surface area contributed by atoms with Crippen LogP contribution in [-0.2, 0) is 6.42 Å². The van der Waals surface area contributed by atoms with E-state index in [-0.39, 0.29) is 17.7 Å². The van der Waals surface area contributed by atoms with Gasteiger partial charge in [0.2, 0.25) is 0 Å². The van der Waals surface area contributed by atoms with Gasteiger partial charge in [0.25, 0.3) is 11.8 Å².